The Kier molecular flexibility index (Phi) is 3.92. The number of benzene rings is 1. The predicted molar refractivity (Wildman–Crippen MR) is 75.0 cm³/mol. The van der Waals surface area contributed by atoms with Crippen molar-refractivity contribution in [3.63, 3.8) is 0 Å². The Bertz CT molecular complexity index is 456. The van der Waals surface area contributed by atoms with E-state index in [1.54, 1.807) is 13.2 Å². The van der Waals surface area contributed by atoms with E-state index in [9.17, 15) is 4.79 Å². The maximum atomic E-state index is 12.3. The largest absolute Gasteiger partial charge is 0.497 e. The van der Waals surface area contributed by atoms with Crippen LogP contribution >= 0.6 is 15.9 Å². The van der Waals surface area contributed by atoms with Crippen molar-refractivity contribution < 1.29 is 9.53 Å². The summed E-state index contributed by atoms with van der Waals surface area (Å²) in [4.78, 5) is 12.3. The lowest BCUT2D eigenvalue weighted by atomic mass is 9.99. The van der Waals surface area contributed by atoms with Gasteiger partial charge in [-0.15, -0.1) is 0 Å². The number of rotatable bonds is 3. The van der Waals surface area contributed by atoms with Crippen LogP contribution in [0.15, 0.2) is 22.7 Å². The molecule has 0 radical (unpaired) electrons. The summed E-state index contributed by atoms with van der Waals surface area (Å²) in [6.07, 6.45) is 1.89. The van der Waals surface area contributed by atoms with Crippen molar-refractivity contribution in [3.8, 4) is 5.75 Å². The zero-order valence-electron chi connectivity index (χ0n) is 10.5. The van der Waals surface area contributed by atoms with Gasteiger partial charge in [0.2, 0.25) is 5.91 Å². The lowest BCUT2D eigenvalue weighted by Gasteiger charge is -2.23. The van der Waals surface area contributed by atoms with Gasteiger partial charge in [-0.3, -0.25) is 4.79 Å². The fourth-order valence-electron chi connectivity index (χ4n) is 2.08. The van der Waals surface area contributed by atoms with Crippen molar-refractivity contribution in [2.75, 3.05) is 19.0 Å². The van der Waals surface area contributed by atoms with E-state index in [1.807, 2.05) is 19.1 Å². The van der Waals surface area contributed by atoms with Gasteiger partial charge in [0.1, 0.15) is 5.75 Å². The van der Waals surface area contributed by atoms with Gasteiger partial charge in [-0.25, -0.2) is 0 Å². The molecule has 1 atom stereocenters. The molecule has 1 aliphatic rings. The molecule has 2 N–H and O–H groups in total. The van der Waals surface area contributed by atoms with Gasteiger partial charge in [0.25, 0.3) is 0 Å². The van der Waals surface area contributed by atoms with Crippen LogP contribution in [-0.4, -0.2) is 25.1 Å². The zero-order valence-corrected chi connectivity index (χ0v) is 12.1. The Morgan fingerprint density at radius 1 is 1.56 bits per heavy atom. The molecule has 18 heavy (non-hydrogen) atoms. The third-order valence-electron chi connectivity index (χ3n) is 3.29. The Morgan fingerprint density at radius 2 is 2.33 bits per heavy atom. The molecule has 1 unspecified atom stereocenters. The maximum absolute atomic E-state index is 12.3. The van der Waals surface area contributed by atoms with Gasteiger partial charge in [-0.05, 0) is 54.4 Å². The molecule has 0 bridgehead atoms. The first kappa shape index (κ1) is 13.4. The maximum Gasteiger partial charge on any atom is 0.244 e. The number of anilines is 1. The van der Waals surface area contributed by atoms with Crippen molar-refractivity contribution >= 4 is 27.5 Å². The minimum Gasteiger partial charge on any atom is -0.497 e. The number of carbonyl (C=O) groups excluding carboxylic acids is 1. The highest BCUT2D eigenvalue weighted by atomic mass is 79.9. The SMILES string of the molecule is COc1ccc(Br)c(NC(=O)C2(C)CCCN2)c1. The Labute approximate surface area is 115 Å². The van der Waals surface area contributed by atoms with Crippen LogP contribution in [0.5, 0.6) is 5.75 Å². The van der Waals surface area contributed by atoms with E-state index < -0.39 is 5.54 Å². The topological polar surface area (TPSA) is 50.4 Å². The predicted octanol–water partition coefficient (Wildman–Crippen LogP) is 2.54. The average molecular weight is 313 g/mol. The molecule has 2 rings (SSSR count). The standard InChI is InChI=1S/C13H17BrN2O2/c1-13(6-3-7-15-13)12(17)16-11-8-9(18-2)4-5-10(11)14/h4-5,8,15H,3,6-7H2,1-2H3,(H,16,17). The quantitative estimate of drug-likeness (QED) is 0.901. The number of nitrogens with one attached hydrogen (secondary N) is 2. The molecular weight excluding hydrogens is 296 g/mol. The first-order valence-corrected chi connectivity index (χ1v) is 6.74. The number of methoxy groups -OCH3 is 1. The van der Waals surface area contributed by atoms with Gasteiger partial charge in [0.05, 0.1) is 18.3 Å². The van der Waals surface area contributed by atoms with Gasteiger partial charge in [0, 0.05) is 10.5 Å². The summed E-state index contributed by atoms with van der Waals surface area (Å²) in [7, 11) is 1.61. The van der Waals surface area contributed by atoms with E-state index in [-0.39, 0.29) is 5.91 Å². The fourth-order valence-corrected chi connectivity index (χ4v) is 2.42. The van der Waals surface area contributed by atoms with Gasteiger partial charge < -0.3 is 15.4 Å². The lowest BCUT2D eigenvalue weighted by Crippen LogP contribution is -2.48. The van der Waals surface area contributed by atoms with Crippen LogP contribution in [0, 0.1) is 0 Å². The van der Waals surface area contributed by atoms with Crippen LogP contribution in [0.3, 0.4) is 0 Å². The van der Waals surface area contributed by atoms with Crippen molar-refractivity contribution in [1.82, 2.24) is 5.32 Å². The van der Waals surface area contributed by atoms with Crippen LogP contribution < -0.4 is 15.4 Å². The molecule has 1 heterocycles. The summed E-state index contributed by atoms with van der Waals surface area (Å²) < 4.78 is 6.00. The third-order valence-corrected chi connectivity index (χ3v) is 3.98. The zero-order chi connectivity index (χ0) is 13.2. The molecule has 4 nitrogen and oxygen atoms in total. The first-order valence-electron chi connectivity index (χ1n) is 5.95. The summed E-state index contributed by atoms with van der Waals surface area (Å²) in [5.41, 5.74) is 0.261. The third kappa shape index (κ3) is 2.67. The van der Waals surface area contributed by atoms with Crippen LogP contribution in [0.25, 0.3) is 0 Å². The number of hydrogen-bond donors (Lipinski definition) is 2. The molecule has 0 spiro atoms. The molecule has 1 amide bonds. The number of halogens is 1. The van der Waals surface area contributed by atoms with Crippen LogP contribution in [0.4, 0.5) is 5.69 Å². The second-order valence-corrected chi connectivity index (χ2v) is 5.52. The number of carbonyl (C=O) groups is 1. The van der Waals surface area contributed by atoms with Crippen molar-refractivity contribution in [2.24, 2.45) is 0 Å². The molecule has 98 valence electrons. The van der Waals surface area contributed by atoms with Gasteiger partial charge in [-0.2, -0.15) is 0 Å². The lowest BCUT2D eigenvalue weighted by molar-refractivity contribution is -0.121. The molecule has 1 saturated heterocycles. The molecule has 5 heteroatoms. The van der Waals surface area contributed by atoms with E-state index in [2.05, 4.69) is 26.6 Å². The van der Waals surface area contributed by atoms with Crippen molar-refractivity contribution in [1.29, 1.82) is 0 Å². The summed E-state index contributed by atoms with van der Waals surface area (Å²) in [6.45, 7) is 2.83. The van der Waals surface area contributed by atoms with E-state index in [0.29, 0.717) is 0 Å². The number of hydrogen-bond acceptors (Lipinski definition) is 3. The van der Waals surface area contributed by atoms with E-state index in [1.165, 1.54) is 0 Å². The molecule has 1 aliphatic heterocycles. The normalized spacial score (nSPS) is 22.8. The van der Waals surface area contributed by atoms with Gasteiger partial charge in [0.15, 0.2) is 0 Å². The van der Waals surface area contributed by atoms with E-state index in [4.69, 9.17) is 4.74 Å². The highest BCUT2D eigenvalue weighted by molar-refractivity contribution is 9.10. The number of ether oxygens (including phenoxy) is 1. The van der Waals surface area contributed by atoms with Crippen molar-refractivity contribution in [3.05, 3.63) is 22.7 Å². The molecule has 1 aromatic rings. The highest BCUT2D eigenvalue weighted by Crippen LogP contribution is 2.29. The minimum absolute atomic E-state index is 0.00560. The Morgan fingerprint density at radius 3 is 2.94 bits per heavy atom. The van der Waals surface area contributed by atoms with Crippen LogP contribution in [-0.2, 0) is 4.79 Å². The Hall–Kier alpha value is -1.07. The molecular formula is C13H17BrN2O2. The first-order chi connectivity index (χ1) is 8.55. The molecule has 1 aromatic carbocycles. The summed E-state index contributed by atoms with van der Waals surface area (Å²) >= 11 is 3.42. The smallest absolute Gasteiger partial charge is 0.244 e. The number of amides is 1. The highest BCUT2D eigenvalue weighted by Gasteiger charge is 2.36. The fraction of sp³-hybridized carbons (Fsp3) is 0.462. The average Bonchev–Trinajstić information content (AvgIpc) is 2.80. The molecule has 0 aliphatic carbocycles. The summed E-state index contributed by atoms with van der Waals surface area (Å²) in [6, 6.07) is 5.51. The van der Waals surface area contributed by atoms with E-state index in [0.717, 1.165) is 35.3 Å². The monoisotopic (exact) mass is 312 g/mol. The molecule has 1 fully saturated rings. The Balaban J connectivity index is 2.16. The van der Waals surface area contributed by atoms with E-state index >= 15 is 0 Å². The molecule has 0 saturated carbocycles. The second kappa shape index (κ2) is 5.28. The van der Waals surface area contributed by atoms with Gasteiger partial charge >= 0.3 is 0 Å². The van der Waals surface area contributed by atoms with Crippen LogP contribution in [0.2, 0.25) is 0 Å². The van der Waals surface area contributed by atoms with Gasteiger partial charge in [-0.1, -0.05) is 0 Å². The van der Waals surface area contributed by atoms with Crippen LogP contribution in [0.1, 0.15) is 19.8 Å². The summed E-state index contributed by atoms with van der Waals surface area (Å²) in [5.74, 6) is 0.715. The summed E-state index contributed by atoms with van der Waals surface area (Å²) in [5, 5.41) is 6.18. The molecule has 0 aromatic heterocycles. The minimum atomic E-state index is -0.470. The van der Waals surface area contributed by atoms with Crippen molar-refractivity contribution in [2.45, 2.75) is 25.3 Å². The second-order valence-electron chi connectivity index (χ2n) is 4.66.